The number of alkyl halides is 3. The number of aromatic nitrogens is 3. The van der Waals surface area contributed by atoms with Gasteiger partial charge in [-0.3, -0.25) is 4.79 Å². The zero-order chi connectivity index (χ0) is 20.4. The minimum atomic E-state index is -4.61. The molecular weight excluding hydrogens is 371 g/mol. The quantitative estimate of drug-likeness (QED) is 0.787. The number of nitrogens with one attached hydrogen (secondary N) is 1. The van der Waals surface area contributed by atoms with Crippen LogP contribution in [-0.4, -0.2) is 61.6 Å². The molecule has 152 valence electrons. The van der Waals surface area contributed by atoms with Crippen LogP contribution in [0, 0.1) is 0 Å². The van der Waals surface area contributed by atoms with Crippen LogP contribution in [0.15, 0.2) is 0 Å². The van der Waals surface area contributed by atoms with Crippen LogP contribution in [0.3, 0.4) is 0 Å². The Balaban J connectivity index is 1.96. The molecule has 0 radical (unpaired) electrons. The Morgan fingerprint density at radius 2 is 1.93 bits per heavy atom. The monoisotopic (exact) mass is 393 g/mol. The van der Waals surface area contributed by atoms with Gasteiger partial charge in [-0.15, -0.1) is 10.2 Å². The second kappa shape index (κ2) is 7.71. The third-order valence-corrected chi connectivity index (χ3v) is 3.72. The Labute approximate surface area is 153 Å². The van der Waals surface area contributed by atoms with Gasteiger partial charge in [0.15, 0.2) is 5.82 Å². The van der Waals surface area contributed by atoms with Crippen molar-refractivity contribution >= 4 is 12.0 Å². The average molecular weight is 393 g/mol. The summed E-state index contributed by atoms with van der Waals surface area (Å²) in [4.78, 5) is 25.4. The standard InChI is InChI=1S/C15H22F3N5O4/c1-14(2,3)27-13(26)19-9(8-24)6-11(25)22-4-5-23-10(7-22)20-21-12(23)15(16,17)18/h9,24H,4-8H2,1-3H3,(H,19,26). The highest BCUT2D eigenvalue weighted by Gasteiger charge is 2.40. The van der Waals surface area contributed by atoms with Crippen LogP contribution in [0.5, 0.6) is 0 Å². The van der Waals surface area contributed by atoms with Crippen molar-refractivity contribution in [3.8, 4) is 0 Å². The lowest BCUT2D eigenvalue weighted by Gasteiger charge is -2.29. The molecule has 1 aliphatic rings. The zero-order valence-corrected chi connectivity index (χ0v) is 15.2. The summed E-state index contributed by atoms with van der Waals surface area (Å²) >= 11 is 0. The van der Waals surface area contributed by atoms with E-state index in [-0.39, 0.29) is 31.9 Å². The molecule has 2 N–H and O–H groups in total. The van der Waals surface area contributed by atoms with Crippen LogP contribution in [0.25, 0.3) is 0 Å². The van der Waals surface area contributed by atoms with Crippen LogP contribution >= 0.6 is 0 Å². The number of carbonyl (C=O) groups excluding carboxylic acids is 2. The van der Waals surface area contributed by atoms with Crippen molar-refractivity contribution in [3.63, 3.8) is 0 Å². The molecule has 1 atom stereocenters. The second-order valence-corrected chi connectivity index (χ2v) is 7.13. The average Bonchev–Trinajstić information content (AvgIpc) is 2.95. The molecule has 9 nitrogen and oxygen atoms in total. The maximum atomic E-state index is 12.8. The van der Waals surface area contributed by atoms with Crippen molar-refractivity contribution in [3.05, 3.63) is 11.6 Å². The fourth-order valence-electron chi connectivity index (χ4n) is 2.56. The van der Waals surface area contributed by atoms with E-state index in [1.807, 2.05) is 0 Å². The van der Waals surface area contributed by atoms with Crippen LogP contribution in [0.1, 0.15) is 38.8 Å². The van der Waals surface area contributed by atoms with Crippen LogP contribution in [0.4, 0.5) is 18.0 Å². The van der Waals surface area contributed by atoms with Gasteiger partial charge in [-0.05, 0) is 20.8 Å². The topological polar surface area (TPSA) is 110 Å². The molecule has 0 aliphatic carbocycles. The molecule has 0 fully saturated rings. The van der Waals surface area contributed by atoms with E-state index in [2.05, 4.69) is 15.5 Å². The highest BCUT2D eigenvalue weighted by atomic mass is 19.4. The largest absolute Gasteiger partial charge is 0.451 e. The number of hydrogen-bond acceptors (Lipinski definition) is 6. The maximum Gasteiger partial charge on any atom is 0.451 e. The van der Waals surface area contributed by atoms with Crippen molar-refractivity contribution in [2.45, 2.75) is 58.1 Å². The smallest absolute Gasteiger partial charge is 0.444 e. The first kappa shape index (κ1) is 20.9. The van der Waals surface area contributed by atoms with Crippen molar-refractivity contribution in [1.82, 2.24) is 25.0 Å². The summed E-state index contributed by atoms with van der Waals surface area (Å²) in [5, 5.41) is 18.4. The maximum absolute atomic E-state index is 12.8. The fraction of sp³-hybridized carbons (Fsp3) is 0.733. The van der Waals surface area contributed by atoms with Gasteiger partial charge in [-0.1, -0.05) is 0 Å². The van der Waals surface area contributed by atoms with Crippen molar-refractivity contribution in [2.75, 3.05) is 13.2 Å². The molecule has 0 spiro atoms. The van der Waals surface area contributed by atoms with Crippen molar-refractivity contribution < 1.29 is 32.6 Å². The first-order valence-electron chi connectivity index (χ1n) is 8.28. The molecule has 1 unspecified atom stereocenters. The molecule has 27 heavy (non-hydrogen) atoms. The Bertz CT molecular complexity index is 699. The number of carbonyl (C=O) groups is 2. The van der Waals surface area contributed by atoms with Crippen LogP contribution in [-0.2, 0) is 28.8 Å². The number of nitrogens with zero attached hydrogens (tertiary/aromatic N) is 4. The number of hydrogen-bond donors (Lipinski definition) is 2. The SMILES string of the molecule is CC(C)(C)OC(=O)NC(CO)CC(=O)N1CCn2c(nnc2C(F)(F)F)C1. The van der Waals surface area contributed by atoms with Crippen molar-refractivity contribution in [1.29, 1.82) is 0 Å². The molecule has 0 bridgehead atoms. The Morgan fingerprint density at radius 1 is 1.26 bits per heavy atom. The summed E-state index contributed by atoms with van der Waals surface area (Å²) in [5.74, 6) is -1.50. The van der Waals surface area contributed by atoms with Gasteiger partial charge >= 0.3 is 12.3 Å². The minimum Gasteiger partial charge on any atom is -0.444 e. The fourth-order valence-corrected chi connectivity index (χ4v) is 2.56. The first-order valence-corrected chi connectivity index (χ1v) is 8.28. The molecule has 0 saturated carbocycles. The highest BCUT2D eigenvalue weighted by Crippen LogP contribution is 2.29. The Kier molecular flexibility index (Phi) is 5.97. The van der Waals surface area contributed by atoms with E-state index in [4.69, 9.17) is 4.74 Å². The molecule has 2 amide bonds. The highest BCUT2D eigenvalue weighted by molar-refractivity contribution is 5.78. The van der Waals surface area contributed by atoms with Gasteiger partial charge in [-0.2, -0.15) is 13.2 Å². The molecule has 12 heteroatoms. The number of aliphatic hydroxyl groups excluding tert-OH is 1. The lowest BCUT2D eigenvalue weighted by Crippen LogP contribution is -2.46. The lowest BCUT2D eigenvalue weighted by atomic mass is 10.2. The summed E-state index contributed by atoms with van der Waals surface area (Å²) < 4.78 is 44.5. The summed E-state index contributed by atoms with van der Waals surface area (Å²) in [6.45, 7) is 4.34. The minimum absolute atomic E-state index is 0.0302. The van der Waals surface area contributed by atoms with Crippen LogP contribution < -0.4 is 5.32 Å². The van der Waals surface area contributed by atoms with Gasteiger partial charge in [0.1, 0.15) is 5.60 Å². The summed E-state index contributed by atoms with van der Waals surface area (Å²) in [6.07, 6.45) is -5.62. The van der Waals surface area contributed by atoms with E-state index in [0.29, 0.717) is 0 Å². The summed E-state index contributed by atoms with van der Waals surface area (Å²) in [7, 11) is 0. The van der Waals surface area contributed by atoms with Gasteiger partial charge in [0, 0.05) is 19.5 Å². The number of ether oxygens (including phenoxy) is 1. The molecule has 2 heterocycles. The van der Waals surface area contributed by atoms with Crippen LogP contribution in [0.2, 0.25) is 0 Å². The number of fused-ring (bicyclic) bond motifs is 1. The number of aliphatic hydroxyl groups is 1. The van der Waals surface area contributed by atoms with Gasteiger partial charge in [-0.25, -0.2) is 4.79 Å². The number of alkyl carbamates (subject to hydrolysis) is 1. The van der Waals surface area contributed by atoms with E-state index < -0.39 is 42.3 Å². The third-order valence-electron chi connectivity index (χ3n) is 3.72. The number of rotatable bonds is 4. The molecule has 0 saturated heterocycles. The van der Waals surface area contributed by atoms with Gasteiger partial charge in [0.25, 0.3) is 0 Å². The van der Waals surface area contributed by atoms with E-state index in [0.717, 1.165) is 4.57 Å². The molecule has 0 aromatic carbocycles. The van der Waals surface area contributed by atoms with Gasteiger partial charge in [0.2, 0.25) is 11.7 Å². The summed E-state index contributed by atoms with van der Waals surface area (Å²) in [6, 6.07) is -0.877. The normalized spacial score (nSPS) is 15.9. The molecule has 1 aliphatic heterocycles. The van der Waals surface area contributed by atoms with E-state index in [1.165, 1.54) is 4.90 Å². The second-order valence-electron chi connectivity index (χ2n) is 7.13. The summed E-state index contributed by atoms with van der Waals surface area (Å²) in [5.41, 5.74) is -0.735. The predicted octanol–water partition coefficient (Wildman–Crippen LogP) is 0.915. The van der Waals surface area contributed by atoms with E-state index >= 15 is 0 Å². The van der Waals surface area contributed by atoms with Gasteiger partial charge in [0.05, 0.1) is 19.2 Å². The molecule has 1 aromatic heterocycles. The molecular formula is C15H22F3N5O4. The molecule has 1 aromatic rings. The molecule has 2 rings (SSSR count). The van der Waals surface area contributed by atoms with Crippen molar-refractivity contribution in [2.24, 2.45) is 0 Å². The predicted molar refractivity (Wildman–Crippen MR) is 85.3 cm³/mol. The Hall–Kier alpha value is -2.37. The van der Waals surface area contributed by atoms with Gasteiger partial charge < -0.3 is 24.6 Å². The third kappa shape index (κ3) is 5.55. The zero-order valence-electron chi connectivity index (χ0n) is 15.2. The number of amides is 2. The van der Waals surface area contributed by atoms with E-state index in [1.54, 1.807) is 20.8 Å². The van der Waals surface area contributed by atoms with E-state index in [9.17, 15) is 27.9 Å². The first-order chi connectivity index (χ1) is 12.4. The lowest BCUT2D eigenvalue weighted by molar-refractivity contribution is -0.148. The number of halogens is 3. The Morgan fingerprint density at radius 3 is 2.48 bits per heavy atom.